The zero-order valence-electron chi connectivity index (χ0n) is 11.5. The summed E-state index contributed by atoms with van der Waals surface area (Å²) >= 11 is 0. The highest BCUT2D eigenvalue weighted by Gasteiger charge is 2.50. The zero-order chi connectivity index (χ0) is 14.7. The number of aliphatic carboxylic acids is 1. The van der Waals surface area contributed by atoms with E-state index < -0.39 is 5.97 Å². The number of carboxylic acid groups (broad SMARTS) is 1. The molecule has 0 spiro atoms. The van der Waals surface area contributed by atoms with E-state index in [1.54, 1.807) is 0 Å². The van der Waals surface area contributed by atoms with Crippen LogP contribution < -0.4 is 0 Å². The zero-order valence-corrected chi connectivity index (χ0v) is 11.5. The molecule has 1 N–H and O–H groups in total. The van der Waals surface area contributed by atoms with Crippen molar-refractivity contribution in [1.82, 2.24) is 0 Å². The Hall–Kier alpha value is -1.97. The molecule has 1 saturated carbocycles. The summed E-state index contributed by atoms with van der Waals surface area (Å²) in [5, 5.41) is 8.92. The van der Waals surface area contributed by atoms with Gasteiger partial charge in [0.1, 0.15) is 0 Å². The van der Waals surface area contributed by atoms with Gasteiger partial charge in [-0.3, -0.25) is 14.4 Å². The number of carbonyl (C=O) groups is 3. The highest BCUT2D eigenvalue weighted by Crippen LogP contribution is 2.54. The summed E-state index contributed by atoms with van der Waals surface area (Å²) in [6.45, 7) is 0. The number of carbonyl (C=O) groups excluding carboxylic acids is 2. The van der Waals surface area contributed by atoms with Gasteiger partial charge in [0, 0.05) is 29.6 Å². The van der Waals surface area contributed by atoms with Gasteiger partial charge in [0.15, 0.2) is 11.6 Å². The fraction of sp³-hybridized carbons (Fsp3) is 0.471. The molecule has 0 aromatic heterocycles. The number of hydrogen-bond donors (Lipinski definition) is 1. The first-order valence-electron chi connectivity index (χ1n) is 7.49. The molecule has 4 heteroatoms. The summed E-state index contributed by atoms with van der Waals surface area (Å²) < 4.78 is 0. The largest absolute Gasteiger partial charge is 0.481 e. The fourth-order valence-corrected chi connectivity index (χ4v) is 4.37. The highest BCUT2D eigenvalue weighted by molar-refractivity contribution is 6.28. The second kappa shape index (κ2) is 4.26. The Morgan fingerprint density at radius 1 is 1.19 bits per heavy atom. The molecular formula is C17H16O4. The second-order valence-corrected chi connectivity index (χ2v) is 6.50. The molecule has 4 nitrogen and oxygen atoms in total. The van der Waals surface area contributed by atoms with Crippen molar-refractivity contribution in [1.29, 1.82) is 0 Å². The molecule has 4 aliphatic rings. The summed E-state index contributed by atoms with van der Waals surface area (Å²) in [6.07, 6.45) is 8.07. The molecule has 0 amide bonds. The Balaban J connectivity index is 1.63. The van der Waals surface area contributed by atoms with E-state index in [0.717, 1.165) is 6.42 Å². The van der Waals surface area contributed by atoms with Crippen LogP contribution in [0.25, 0.3) is 0 Å². The lowest BCUT2D eigenvalue weighted by Gasteiger charge is -2.29. The number of Topliss-reactive ketones (excluding diaryl/α,β-unsaturated/α-hetero) is 1. The van der Waals surface area contributed by atoms with Crippen molar-refractivity contribution in [2.24, 2.45) is 23.7 Å². The van der Waals surface area contributed by atoms with E-state index in [4.69, 9.17) is 5.11 Å². The van der Waals surface area contributed by atoms with Gasteiger partial charge in [-0.1, -0.05) is 12.2 Å². The van der Waals surface area contributed by atoms with E-state index in [1.807, 2.05) is 0 Å². The molecule has 4 aliphatic carbocycles. The van der Waals surface area contributed by atoms with E-state index in [0.29, 0.717) is 35.5 Å². The minimum Gasteiger partial charge on any atom is -0.481 e. The molecule has 0 saturated heterocycles. The van der Waals surface area contributed by atoms with Gasteiger partial charge in [-0.2, -0.15) is 0 Å². The van der Waals surface area contributed by atoms with Crippen molar-refractivity contribution in [3.05, 3.63) is 34.9 Å². The molecule has 4 rings (SSSR count). The topological polar surface area (TPSA) is 71.4 Å². The van der Waals surface area contributed by atoms with Crippen LogP contribution in [0.5, 0.6) is 0 Å². The van der Waals surface area contributed by atoms with Gasteiger partial charge >= 0.3 is 5.97 Å². The number of carboxylic acids is 1. The normalized spacial score (nSPS) is 36.1. The van der Waals surface area contributed by atoms with Crippen molar-refractivity contribution in [2.75, 3.05) is 0 Å². The third-order valence-electron chi connectivity index (χ3n) is 5.39. The summed E-state index contributed by atoms with van der Waals surface area (Å²) in [5.41, 5.74) is 2.02. The van der Waals surface area contributed by atoms with Crippen molar-refractivity contribution >= 4 is 17.5 Å². The minimum absolute atomic E-state index is 0.0108. The molecular weight excluding hydrogens is 268 g/mol. The van der Waals surface area contributed by atoms with Crippen LogP contribution in [-0.2, 0) is 14.4 Å². The Bertz CT molecular complexity index is 664. The summed E-state index contributed by atoms with van der Waals surface area (Å²) in [4.78, 5) is 35.2. The van der Waals surface area contributed by atoms with Crippen LogP contribution in [0.3, 0.4) is 0 Å². The molecule has 0 radical (unpaired) electrons. The van der Waals surface area contributed by atoms with Gasteiger partial charge in [-0.25, -0.2) is 0 Å². The molecule has 108 valence electrons. The predicted octanol–water partition coefficient (Wildman–Crippen LogP) is 2.07. The van der Waals surface area contributed by atoms with Crippen LogP contribution in [0.2, 0.25) is 0 Å². The van der Waals surface area contributed by atoms with Gasteiger partial charge in [-0.05, 0) is 42.6 Å². The van der Waals surface area contributed by atoms with E-state index in [-0.39, 0.29) is 35.7 Å². The van der Waals surface area contributed by atoms with Crippen LogP contribution in [0.15, 0.2) is 34.9 Å². The molecule has 0 aromatic rings. The Morgan fingerprint density at radius 3 is 2.71 bits per heavy atom. The van der Waals surface area contributed by atoms with Gasteiger partial charge < -0.3 is 5.11 Å². The van der Waals surface area contributed by atoms with Crippen molar-refractivity contribution < 1.29 is 19.5 Å². The van der Waals surface area contributed by atoms with E-state index >= 15 is 0 Å². The molecule has 21 heavy (non-hydrogen) atoms. The molecule has 1 fully saturated rings. The summed E-state index contributed by atoms with van der Waals surface area (Å²) in [7, 11) is 0. The van der Waals surface area contributed by atoms with Crippen molar-refractivity contribution in [3.63, 3.8) is 0 Å². The average molecular weight is 284 g/mol. The lowest BCUT2D eigenvalue weighted by atomic mass is 9.73. The van der Waals surface area contributed by atoms with Gasteiger partial charge in [-0.15, -0.1) is 0 Å². The fourth-order valence-electron chi connectivity index (χ4n) is 4.37. The molecule has 4 atom stereocenters. The lowest BCUT2D eigenvalue weighted by Crippen LogP contribution is -2.27. The first-order valence-corrected chi connectivity index (χ1v) is 7.49. The third-order valence-corrected chi connectivity index (χ3v) is 5.39. The average Bonchev–Trinajstić information content (AvgIpc) is 3.02. The van der Waals surface area contributed by atoms with Crippen LogP contribution in [-0.4, -0.2) is 22.6 Å². The number of ketones is 2. The quantitative estimate of drug-likeness (QED) is 0.633. The van der Waals surface area contributed by atoms with Crippen molar-refractivity contribution in [3.8, 4) is 0 Å². The number of rotatable bonds is 4. The third kappa shape index (κ3) is 1.85. The first kappa shape index (κ1) is 12.7. The maximum absolute atomic E-state index is 12.4. The Labute approximate surface area is 122 Å². The standard InChI is InChI=1S/C17H16O4/c18-14-7-13(17(21)12-6-11(12)14)16-9-2-1-8(5-9)10(16)3-4-15(19)20/h1-2,7-10,16H,3-6H2,(H,19,20). The molecule has 2 bridgehead atoms. The predicted molar refractivity (Wildman–Crippen MR) is 74.3 cm³/mol. The van der Waals surface area contributed by atoms with Gasteiger partial charge in [0.25, 0.3) is 0 Å². The Morgan fingerprint density at radius 2 is 1.95 bits per heavy atom. The van der Waals surface area contributed by atoms with Crippen LogP contribution in [0.1, 0.15) is 25.7 Å². The van der Waals surface area contributed by atoms with Crippen LogP contribution in [0.4, 0.5) is 0 Å². The first-order chi connectivity index (χ1) is 10.1. The molecule has 0 heterocycles. The van der Waals surface area contributed by atoms with Crippen LogP contribution >= 0.6 is 0 Å². The van der Waals surface area contributed by atoms with E-state index in [9.17, 15) is 14.4 Å². The maximum Gasteiger partial charge on any atom is 0.303 e. The molecule has 4 unspecified atom stereocenters. The lowest BCUT2D eigenvalue weighted by molar-refractivity contribution is -0.137. The highest BCUT2D eigenvalue weighted by atomic mass is 16.4. The second-order valence-electron chi connectivity index (χ2n) is 6.50. The van der Waals surface area contributed by atoms with Gasteiger partial charge in [0.2, 0.25) is 0 Å². The summed E-state index contributed by atoms with van der Waals surface area (Å²) in [5.74, 6) is 0.0906. The van der Waals surface area contributed by atoms with E-state index in [1.165, 1.54) is 6.08 Å². The van der Waals surface area contributed by atoms with Crippen LogP contribution in [0, 0.1) is 23.7 Å². The monoisotopic (exact) mass is 284 g/mol. The van der Waals surface area contributed by atoms with Gasteiger partial charge in [0.05, 0.1) is 0 Å². The molecule has 0 aromatic carbocycles. The maximum atomic E-state index is 12.4. The Kier molecular flexibility index (Phi) is 2.59. The SMILES string of the molecule is O=C(O)CCC1C2C=CC(C2)C1C1=CC(=O)C2=C(C2)C1=O. The smallest absolute Gasteiger partial charge is 0.303 e. The number of hydrogen-bond acceptors (Lipinski definition) is 3. The number of fused-ring (bicyclic) bond motifs is 2. The summed E-state index contributed by atoms with van der Waals surface area (Å²) in [6, 6.07) is 0. The molecule has 0 aliphatic heterocycles. The van der Waals surface area contributed by atoms with E-state index in [2.05, 4.69) is 12.2 Å². The minimum atomic E-state index is -0.798. The number of allylic oxidation sites excluding steroid dienone is 6. The van der Waals surface area contributed by atoms with Crippen molar-refractivity contribution in [2.45, 2.75) is 25.7 Å².